The number of furan rings is 2. The van der Waals surface area contributed by atoms with Crippen LogP contribution in [0.25, 0.3) is 0 Å². The molecule has 1 amide bonds. The van der Waals surface area contributed by atoms with Crippen LogP contribution in [0, 0.1) is 6.92 Å². The van der Waals surface area contributed by atoms with E-state index in [1.54, 1.807) is 25.1 Å². The van der Waals surface area contributed by atoms with Crippen molar-refractivity contribution in [3.8, 4) is 0 Å². The number of aliphatic hydroxyl groups is 1. The SMILES string of the molecule is CCCN1C(=O)C(O)=C(C(=O)c2ccco2)C1c1ccc(C)o1. The molecule has 3 heterocycles. The van der Waals surface area contributed by atoms with E-state index in [0.29, 0.717) is 24.5 Å². The molecule has 1 N–H and O–H groups in total. The van der Waals surface area contributed by atoms with E-state index in [4.69, 9.17) is 8.83 Å². The van der Waals surface area contributed by atoms with E-state index >= 15 is 0 Å². The van der Waals surface area contributed by atoms with Gasteiger partial charge in [-0.15, -0.1) is 0 Å². The van der Waals surface area contributed by atoms with Gasteiger partial charge in [-0.05, 0) is 37.6 Å². The molecule has 0 aromatic carbocycles. The third kappa shape index (κ3) is 2.46. The number of ketones is 1. The Bertz CT molecular complexity index is 769. The number of hydrogen-bond acceptors (Lipinski definition) is 5. The number of amides is 1. The van der Waals surface area contributed by atoms with Crippen molar-refractivity contribution in [1.29, 1.82) is 0 Å². The van der Waals surface area contributed by atoms with Crippen LogP contribution in [0.1, 0.15) is 41.5 Å². The lowest BCUT2D eigenvalue weighted by Crippen LogP contribution is -2.31. The number of rotatable bonds is 5. The number of aliphatic hydroxyl groups excluding tert-OH is 1. The molecule has 0 aliphatic carbocycles. The molecule has 0 fully saturated rings. The lowest BCUT2D eigenvalue weighted by molar-refractivity contribution is -0.129. The minimum atomic E-state index is -0.742. The van der Waals surface area contributed by atoms with Crippen molar-refractivity contribution in [2.75, 3.05) is 6.54 Å². The molecule has 1 aliphatic heterocycles. The molecular formula is C17H17NO5. The molecule has 3 rings (SSSR count). The molecule has 1 atom stereocenters. The Hall–Kier alpha value is -2.76. The third-order valence-corrected chi connectivity index (χ3v) is 3.79. The summed E-state index contributed by atoms with van der Waals surface area (Å²) in [6, 6.07) is 5.81. The van der Waals surface area contributed by atoms with E-state index < -0.39 is 23.5 Å². The molecule has 1 aliphatic rings. The number of hydrogen-bond donors (Lipinski definition) is 1. The molecule has 0 radical (unpaired) electrons. The predicted molar refractivity (Wildman–Crippen MR) is 80.9 cm³/mol. The van der Waals surface area contributed by atoms with Crippen molar-refractivity contribution < 1.29 is 23.5 Å². The zero-order valence-electron chi connectivity index (χ0n) is 12.9. The maximum Gasteiger partial charge on any atom is 0.290 e. The molecule has 0 saturated carbocycles. The van der Waals surface area contributed by atoms with Gasteiger partial charge in [-0.25, -0.2) is 0 Å². The first-order valence-electron chi connectivity index (χ1n) is 7.43. The molecule has 0 saturated heterocycles. The van der Waals surface area contributed by atoms with Gasteiger partial charge in [-0.2, -0.15) is 0 Å². The molecular weight excluding hydrogens is 298 g/mol. The van der Waals surface area contributed by atoms with Crippen LogP contribution in [0.4, 0.5) is 0 Å². The van der Waals surface area contributed by atoms with E-state index in [2.05, 4.69) is 0 Å². The van der Waals surface area contributed by atoms with E-state index in [1.165, 1.54) is 17.2 Å². The smallest absolute Gasteiger partial charge is 0.290 e. The van der Waals surface area contributed by atoms with Gasteiger partial charge < -0.3 is 18.8 Å². The Morgan fingerprint density at radius 2 is 2.13 bits per heavy atom. The fourth-order valence-corrected chi connectivity index (χ4v) is 2.79. The molecule has 23 heavy (non-hydrogen) atoms. The average Bonchev–Trinajstić information content (AvgIpc) is 3.24. The van der Waals surface area contributed by atoms with E-state index in [-0.39, 0.29) is 11.3 Å². The van der Waals surface area contributed by atoms with Crippen LogP contribution in [0.3, 0.4) is 0 Å². The third-order valence-electron chi connectivity index (χ3n) is 3.79. The summed E-state index contributed by atoms with van der Waals surface area (Å²) >= 11 is 0. The maximum absolute atomic E-state index is 12.7. The van der Waals surface area contributed by atoms with Gasteiger partial charge in [0.1, 0.15) is 17.6 Å². The predicted octanol–water partition coefficient (Wildman–Crippen LogP) is 3.17. The van der Waals surface area contributed by atoms with Crippen LogP contribution in [-0.2, 0) is 4.79 Å². The van der Waals surface area contributed by atoms with Crippen LogP contribution < -0.4 is 0 Å². The minimum Gasteiger partial charge on any atom is -0.503 e. The van der Waals surface area contributed by atoms with Gasteiger partial charge in [0.2, 0.25) is 5.78 Å². The van der Waals surface area contributed by atoms with Crippen molar-refractivity contribution >= 4 is 11.7 Å². The zero-order valence-corrected chi connectivity index (χ0v) is 12.9. The van der Waals surface area contributed by atoms with Crippen LogP contribution in [0.15, 0.2) is 50.7 Å². The summed E-state index contributed by atoms with van der Waals surface area (Å²) < 4.78 is 10.7. The molecule has 2 aromatic rings. The minimum absolute atomic E-state index is 0.00671. The van der Waals surface area contributed by atoms with Crippen molar-refractivity contribution in [2.24, 2.45) is 0 Å². The van der Waals surface area contributed by atoms with Gasteiger partial charge >= 0.3 is 0 Å². The zero-order chi connectivity index (χ0) is 16.6. The molecule has 120 valence electrons. The van der Waals surface area contributed by atoms with Crippen LogP contribution >= 0.6 is 0 Å². The van der Waals surface area contributed by atoms with Crippen LogP contribution in [0.2, 0.25) is 0 Å². The fourth-order valence-electron chi connectivity index (χ4n) is 2.79. The topological polar surface area (TPSA) is 83.9 Å². The van der Waals surface area contributed by atoms with Gasteiger partial charge in [0.15, 0.2) is 11.5 Å². The van der Waals surface area contributed by atoms with Crippen molar-refractivity contribution in [3.05, 3.63) is 59.1 Å². The highest BCUT2D eigenvalue weighted by molar-refractivity contribution is 6.14. The summed E-state index contributed by atoms with van der Waals surface area (Å²) in [6.45, 7) is 4.10. The number of Topliss-reactive ketones (excluding diaryl/α,β-unsaturated/α-hetero) is 1. The highest BCUT2D eigenvalue weighted by atomic mass is 16.3. The summed E-state index contributed by atoms with van der Waals surface area (Å²) in [7, 11) is 0. The van der Waals surface area contributed by atoms with Crippen molar-refractivity contribution in [3.63, 3.8) is 0 Å². The van der Waals surface area contributed by atoms with Crippen molar-refractivity contribution in [2.45, 2.75) is 26.3 Å². The lowest BCUT2D eigenvalue weighted by atomic mass is 9.99. The van der Waals surface area contributed by atoms with Crippen LogP contribution in [-0.4, -0.2) is 28.2 Å². The molecule has 1 unspecified atom stereocenters. The van der Waals surface area contributed by atoms with Gasteiger partial charge in [0.25, 0.3) is 5.91 Å². The summed E-state index contributed by atoms with van der Waals surface area (Å²) in [5.74, 6) is -0.437. The summed E-state index contributed by atoms with van der Waals surface area (Å²) in [4.78, 5) is 26.5. The van der Waals surface area contributed by atoms with Crippen LogP contribution in [0.5, 0.6) is 0 Å². The van der Waals surface area contributed by atoms with Gasteiger partial charge in [0, 0.05) is 6.54 Å². The largest absolute Gasteiger partial charge is 0.503 e. The lowest BCUT2D eigenvalue weighted by Gasteiger charge is -2.24. The van der Waals surface area contributed by atoms with Gasteiger partial charge in [-0.1, -0.05) is 6.92 Å². The summed E-state index contributed by atoms with van der Waals surface area (Å²) in [5, 5.41) is 10.2. The van der Waals surface area contributed by atoms with Gasteiger partial charge in [0.05, 0.1) is 11.8 Å². The Morgan fingerprint density at radius 1 is 1.35 bits per heavy atom. The van der Waals surface area contributed by atoms with E-state index in [1.807, 2.05) is 6.92 Å². The quantitative estimate of drug-likeness (QED) is 0.857. The second kappa shape index (κ2) is 5.79. The Kier molecular flexibility index (Phi) is 3.82. The van der Waals surface area contributed by atoms with E-state index in [0.717, 1.165) is 0 Å². The van der Waals surface area contributed by atoms with Crippen molar-refractivity contribution in [1.82, 2.24) is 4.90 Å². The first-order valence-corrected chi connectivity index (χ1v) is 7.43. The first-order chi connectivity index (χ1) is 11.0. The molecule has 0 bridgehead atoms. The monoisotopic (exact) mass is 315 g/mol. The second-order valence-corrected chi connectivity index (χ2v) is 5.42. The Labute approximate surface area is 133 Å². The molecule has 2 aromatic heterocycles. The Morgan fingerprint density at radius 3 is 2.70 bits per heavy atom. The fraction of sp³-hybridized carbons (Fsp3) is 0.294. The number of carbonyl (C=O) groups is 2. The molecule has 6 heteroatoms. The molecule has 6 nitrogen and oxygen atoms in total. The summed E-state index contributed by atoms with van der Waals surface area (Å²) in [6.07, 6.45) is 2.06. The van der Waals surface area contributed by atoms with Gasteiger partial charge in [-0.3, -0.25) is 9.59 Å². The highest BCUT2D eigenvalue weighted by Gasteiger charge is 2.45. The first kappa shape index (κ1) is 15.1. The number of nitrogens with zero attached hydrogens (tertiary/aromatic N) is 1. The highest BCUT2D eigenvalue weighted by Crippen LogP contribution is 2.39. The standard InChI is InChI=1S/C17H17NO5/c1-3-8-18-14(11-7-6-10(2)23-11)13(16(20)17(18)21)15(19)12-5-4-9-22-12/h4-7,9,14,20H,3,8H2,1-2H3. The van der Waals surface area contributed by atoms with E-state index in [9.17, 15) is 14.7 Å². The second-order valence-electron chi connectivity index (χ2n) is 5.42. The number of aryl methyl sites for hydroxylation is 1. The molecule has 0 spiro atoms. The normalized spacial score (nSPS) is 18.1. The number of carbonyl (C=O) groups excluding carboxylic acids is 2. The maximum atomic E-state index is 12.7. The summed E-state index contributed by atoms with van der Waals surface area (Å²) in [5.41, 5.74) is -0.00671. The Balaban J connectivity index is 2.09. The average molecular weight is 315 g/mol.